The molecule has 7 nitrogen and oxygen atoms in total. The van der Waals surface area contributed by atoms with E-state index in [0.29, 0.717) is 11.6 Å². The van der Waals surface area contributed by atoms with Crippen LogP contribution in [0.5, 0.6) is 5.75 Å². The molecule has 0 saturated heterocycles. The number of benzene rings is 2. The van der Waals surface area contributed by atoms with Gasteiger partial charge in [-0.25, -0.2) is 4.79 Å². The molecule has 2 heterocycles. The standard InChI is InChI=1S/C20H17BrN4O3/c1-23-17-11-14(21)5-8-16(17)19(22-23)24-10-9-18(26)25(20(24)27)12-13-3-6-15(28-2)7-4-13/h3-11H,12H2,1-2H3. The van der Waals surface area contributed by atoms with Crippen LogP contribution >= 0.6 is 15.9 Å². The van der Waals surface area contributed by atoms with E-state index in [9.17, 15) is 9.59 Å². The van der Waals surface area contributed by atoms with Crippen LogP contribution in [0.15, 0.2) is 68.8 Å². The van der Waals surface area contributed by atoms with Crippen LogP contribution in [-0.4, -0.2) is 26.0 Å². The van der Waals surface area contributed by atoms with Gasteiger partial charge in [-0.15, -0.1) is 0 Å². The van der Waals surface area contributed by atoms with Crippen molar-refractivity contribution in [2.24, 2.45) is 7.05 Å². The van der Waals surface area contributed by atoms with Crippen molar-refractivity contribution in [3.63, 3.8) is 0 Å². The third-order valence-corrected chi connectivity index (χ3v) is 5.08. The quantitative estimate of drug-likeness (QED) is 0.489. The van der Waals surface area contributed by atoms with Crippen LogP contribution in [-0.2, 0) is 13.6 Å². The zero-order chi connectivity index (χ0) is 19.8. The number of rotatable bonds is 4. The first-order chi connectivity index (χ1) is 13.5. The van der Waals surface area contributed by atoms with Crippen molar-refractivity contribution in [2.75, 3.05) is 7.11 Å². The number of methoxy groups -OCH3 is 1. The summed E-state index contributed by atoms with van der Waals surface area (Å²) >= 11 is 3.45. The number of nitrogens with zero attached hydrogens (tertiary/aromatic N) is 4. The first-order valence-electron chi connectivity index (χ1n) is 8.56. The summed E-state index contributed by atoms with van der Waals surface area (Å²) in [6, 6.07) is 14.4. The molecule has 0 amide bonds. The third kappa shape index (κ3) is 3.16. The summed E-state index contributed by atoms with van der Waals surface area (Å²) in [5, 5.41) is 5.31. The van der Waals surface area contributed by atoms with E-state index < -0.39 is 5.69 Å². The molecule has 2 aromatic heterocycles. The number of aromatic nitrogens is 4. The predicted octanol–water partition coefficient (Wildman–Crippen LogP) is 2.71. The highest BCUT2D eigenvalue weighted by Gasteiger charge is 2.14. The molecule has 4 aromatic rings. The lowest BCUT2D eigenvalue weighted by Gasteiger charge is -2.09. The minimum Gasteiger partial charge on any atom is -0.497 e. The van der Waals surface area contributed by atoms with Gasteiger partial charge >= 0.3 is 5.69 Å². The van der Waals surface area contributed by atoms with Gasteiger partial charge in [-0.3, -0.25) is 18.6 Å². The van der Waals surface area contributed by atoms with E-state index in [2.05, 4.69) is 21.0 Å². The van der Waals surface area contributed by atoms with E-state index in [4.69, 9.17) is 4.74 Å². The van der Waals surface area contributed by atoms with Crippen LogP contribution in [0.3, 0.4) is 0 Å². The van der Waals surface area contributed by atoms with Crippen LogP contribution < -0.4 is 16.0 Å². The summed E-state index contributed by atoms with van der Waals surface area (Å²) in [7, 11) is 3.40. The highest BCUT2D eigenvalue weighted by atomic mass is 79.9. The van der Waals surface area contributed by atoms with Gasteiger partial charge in [0.1, 0.15) is 5.75 Å². The third-order valence-electron chi connectivity index (χ3n) is 4.59. The Balaban J connectivity index is 1.83. The summed E-state index contributed by atoms with van der Waals surface area (Å²) in [6.07, 6.45) is 1.47. The molecule has 0 N–H and O–H groups in total. The molecule has 0 unspecified atom stereocenters. The van der Waals surface area contributed by atoms with Crippen LogP contribution in [0.4, 0.5) is 0 Å². The lowest BCUT2D eigenvalue weighted by atomic mass is 10.2. The second kappa shape index (κ2) is 7.12. The minimum absolute atomic E-state index is 0.165. The SMILES string of the molecule is COc1ccc(Cn2c(=O)ccn(-c3nn(C)c4cc(Br)ccc34)c2=O)cc1. The van der Waals surface area contributed by atoms with Gasteiger partial charge in [0.05, 0.1) is 19.2 Å². The number of fused-ring (bicyclic) bond motifs is 1. The average molecular weight is 441 g/mol. The van der Waals surface area contributed by atoms with Crippen LogP contribution in [0.1, 0.15) is 5.56 Å². The molecule has 0 saturated carbocycles. The Morgan fingerprint density at radius 1 is 1.07 bits per heavy atom. The molecule has 4 rings (SSSR count). The van der Waals surface area contributed by atoms with Gasteiger partial charge < -0.3 is 4.74 Å². The van der Waals surface area contributed by atoms with Gasteiger partial charge in [-0.1, -0.05) is 28.1 Å². The zero-order valence-corrected chi connectivity index (χ0v) is 16.9. The largest absolute Gasteiger partial charge is 0.497 e. The molecule has 28 heavy (non-hydrogen) atoms. The molecule has 0 aliphatic heterocycles. The Bertz CT molecular complexity index is 1290. The summed E-state index contributed by atoms with van der Waals surface area (Å²) in [5.74, 6) is 1.20. The topological polar surface area (TPSA) is 71.0 Å². The second-order valence-electron chi connectivity index (χ2n) is 6.35. The summed E-state index contributed by atoms with van der Waals surface area (Å²) in [4.78, 5) is 25.4. The summed E-state index contributed by atoms with van der Waals surface area (Å²) in [6.45, 7) is 0.165. The Morgan fingerprint density at radius 2 is 1.82 bits per heavy atom. The van der Waals surface area contributed by atoms with E-state index in [-0.39, 0.29) is 12.1 Å². The fourth-order valence-electron chi connectivity index (χ4n) is 3.13. The van der Waals surface area contributed by atoms with Crippen molar-refractivity contribution in [3.05, 3.63) is 85.6 Å². The van der Waals surface area contributed by atoms with Gasteiger partial charge in [-0.2, -0.15) is 5.10 Å². The number of halogens is 1. The molecule has 0 atom stereocenters. The van der Waals surface area contributed by atoms with Gasteiger partial charge in [0, 0.05) is 29.2 Å². The van der Waals surface area contributed by atoms with Gasteiger partial charge in [0.2, 0.25) is 0 Å². The van der Waals surface area contributed by atoms with E-state index >= 15 is 0 Å². The Kier molecular flexibility index (Phi) is 4.64. The molecule has 142 valence electrons. The first-order valence-corrected chi connectivity index (χ1v) is 9.35. The molecule has 8 heteroatoms. The average Bonchev–Trinajstić information content (AvgIpc) is 3.01. The van der Waals surface area contributed by atoms with Gasteiger partial charge in [0.15, 0.2) is 5.82 Å². The number of hydrogen-bond acceptors (Lipinski definition) is 4. The lowest BCUT2D eigenvalue weighted by Crippen LogP contribution is -2.38. The molecule has 0 aliphatic carbocycles. The second-order valence-corrected chi connectivity index (χ2v) is 7.27. The summed E-state index contributed by atoms with van der Waals surface area (Å²) < 4.78 is 10.4. The highest BCUT2D eigenvalue weighted by Crippen LogP contribution is 2.24. The maximum atomic E-state index is 13.1. The Labute approximate surface area is 168 Å². The number of hydrogen-bond donors (Lipinski definition) is 0. The van der Waals surface area contributed by atoms with Gasteiger partial charge in [-0.05, 0) is 35.9 Å². The highest BCUT2D eigenvalue weighted by molar-refractivity contribution is 9.10. The summed E-state index contributed by atoms with van der Waals surface area (Å²) in [5.41, 5.74) is 0.906. The maximum Gasteiger partial charge on any atom is 0.337 e. The van der Waals surface area contributed by atoms with Gasteiger partial charge in [0.25, 0.3) is 5.56 Å². The zero-order valence-electron chi connectivity index (χ0n) is 15.3. The fraction of sp³-hybridized carbons (Fsp3) is 0.150. The maximum absolute atomic E-state index is 13.1. The van der Waals surface area contributed by atoms with Crippen molar-refractivity contribution in [2.45, 2.75) is 6.54 Å². The number of aryl methyl sites for hydroxylation is 1. The van der Waals surface area contributed by atoms with E-state index in [1.165, 1.54) is 21.4 Å². The van der Waals surface area contributed by atoms with Crippen LogP contribution in [0.25, 0.3) is 16.7 Å². The van der Waals surface area contributed by atoms with E-state index in [1.54, 1.807) is 23.9 Å². The molecule has 2 aromatic carbocycles. The van der Waals surface area contributed by atoms with Crippen molar-refractivity contribution in [3.8, 4) is 11.6 Å². The normalized spacial score (nSPS) is 11.1. The molecule has 0 aliphatic rings. The van der Waals surface area contributed by atoms with Crippen molar-refractivity contribution >= 4 is 26.8 Å². The van der Waals surface area contributed by atoms with E-state index in [0.717, 1.165) is 20.9 Å². The molecule has 0 radical (unpaired) electrons. The molecular weight excluding hydrogens is 424 g/mol. The van der Waals surface area contributed by atoms with Crippen molar-refractivity contribution < 1.29 is 4.74 Å². The lowest BCUT2D eigenvalue weighted by molar-refractivity contribution is 0.414. The molecule has 0 fully saturated rings. The van der Waals surface area contributed by atoms with Crippen LogP contribution in [0.2, 0.25) is 0 Å². The van der Waals surface area contributed by atoms with E-state index in [1.807, 2.05) is 37.4 Å². The predicted molar refractivity (Wildman–Crippen MR) is 110 cm³/mol. The Morgan fingerprint density at radius 3 is 2.54 bits per heavy atom. The molecule has 0 bridgehead atoms. The number of ether oxygens (including phenoxy) is 1. The molecule has 0 spiro atoms. The monoisotopic (exact) mass is 440 g/mol. The smallest absolute Gasteiger partial charge is 0.337 e. The molecular formula is C20H17BrN4O3. The first kappa shape index (κ1) is 18.2. The van der Waals surface area contributed by atoms with Crippen LogP contribution in [0, 0.1) is 0 Å². The fourth-order valence-corrected chi connectivity index (χ4v) is 3.47. The Hall–Kier alpha value is -3.13. The van der Waals surface area contributed by atoms with Crippen molar-refractivity contribution in [1.82, 2.24) is 18.9 Å². The minimum atomic E-state index is -0.439. The van der Waals surface area contributed by atoms with Crippen molar-refractivity contribution in [1.29, 1.82) is 0 Å².